The van der Waals surface area contributed by atoms with E-state index in [4.69, 9.17) is 4.74 Å². The molecule has 0 aliphatic rings. The maximum absolute atomic E-state index is 12.4. The van der Waals surface area contributed by atoms with Crippen molar-refractivity contribution in [3.8, 4) is 5.75 Å². The van der Waals surface area contributed by atoms with E-state index in [1.54, 1.807) is 31.2 Å². The molecule has 1 atom stereocenters. The van der Waals surface area contributed by atoms with Crippen molar-refractivity contribution in [1.29, 1.82) is 0 Å². The van der Waals surface area contributed by atoms with Crippen LogP contribution in [-0.2, 0) is 27.1 Å². The Morgan fingerprint density at radius 1 is 1.03 bits per heavy atom. The van der Waals surface area contributed by atoms with E-state index in [0.29, 0.717) is 23.8 Å². The van der Waals surface area contributed by atoms with E-state index < -0.39 is 16.1 Å². The zero-order chi connectivity index (χ0) is 21.6. The number of hydrogen-bond donors (Lipinski definition) is 2. The first-order valence-corrected chi connectivity index (χ1v) is 11.3. The van der Waals surface area contributed by atoms with Gasteiger partial charge in [0.2, 0.25) is 10.0 Å². The smallest absolute Gasteiger partial charge is 0.261 e. The van der Waals surface area contributed by atoms with Gasteiger partial charge in [0.1, 0.15) is 5.75 Å². The molecule has 158 valence electrons. The molecular weight excluding hydrogens is 388 g/mol. The Morgan fingerprint density at radius 2 is 1.66 bits per heavy atom. The summed E-state index contributed by atoms with van der Waals surface area (Å²) in [5.74, 6) is 0.826. The van der Waals surface area contributed by atoms with Gasteiger partial charge < -0.3 is 10.1 Å². The van der Waals surface area contributed by atoms with Crippen molar-refractivity contribution in [2.45, 2.75) is 52.0 Å². The highest BCUT2D eigenvalue weighted by atomic mass is 32.2. The third-order valence-electron chi connectivity index (χ3n) is 4.70. The first kappa shape index (κ1) is 22.9. The van der Waals surface area contributed by atoms with Crippen LogP contribution in [0, 0.1) is 6.92 Å². The molecule has 1 amide bonds. The van der Waals surface area contributed by atoms with E-state index in [-0.39, 0.29) is 11.7 Å². The molecule has 0 saturated carbocycles. The predicted molar refractivity (Wildman–Crippen MR) is 115 cm³/mol. The number of hydrogen-bond acceptors (Lipinski definition) is 4. The Hall–Kier alpha value is -2.38. The van der Waals surface area contributed by atoms with Crippen LogP contribution in [0.15, 0.2) is 42.5 Å². The van der Waals surface area contributed by atoms with Crippen LogP contribution in [0.5, 0.6) is 5.75 Å². The van der Waals surface area contributed by atoms with Gasteiger partial charge in [0.25, 0.3) is 5.91 Å². The summed E-state index contributed by atoms with van der Waals surface area (Å²) in [7, 11) is -1.91. The van der Waals surface area contributed by atoms with Crippen molar-refractivity contribution in [2.24, 2.45) is 0 Å². The van der Waals surface area contributed by atoms with E-state index in [2.05, 4.69) is 23.9 Å². The van der Waals surface area contributed by atoms with E-state index in [1.165, 1.54) is 12.6 Å². The zero-order valence-electron chi connectivity index (χ0n) is 17.7. The number of aryl methyl sites for hydroxylation is 1. The van der Waals surface area contributed by atoms with Crippen molar-refractivity contribution < 1.29 is 17.9 Å². The minimum absolute atomic E-state index is 0.0734. The molecule has 0 saturated heterocycles. The largest absolute Gasteiger partial charge is 0.481 e. The fraction of sp³-hybridized carbons (Fsp3) is 0.409. The van der Waals surface area contributed by atoms with E-state index >= 15 is 0 Å². The maximum Gasteiger partial charge on any atom is 0.261 e. The summed E-state index contributed by atoms with van der Waals surface area (Å²) in [5.41, 5.74) is 3.98. The molecule has 2 rings (SSSR count). The number of carbonyl (C=O) groups excluding carboxylic acids is 1. The lowest BCUT2D eigenvalue weighted by Gasteiger charge is -2.17. The average molecular weight is 419 g/mol. The van der Waals surface area contributed by atoms with E-state index in [9.17, 15) is 13.2 Å². The molecule has 29 heavy (non-hydrogen) atoms. The third-order valence-corrected chi connectivity index (χ3v) is 6.04. The van der Waals surface area contributed by atoms with Crippen molar-refractivity contribution >= 4 is 15.9 Å². The van der Waals surface area contributed by atoms with E-state index in [1.807, 2.05) is 25.1 Å². The Labute approximate surface area is 173 Å². The van der Waals surface area contributed by atoms with Crippen LogP contribution in [-0.4, -0.2) is 27.5 Å². The minimum atomic E-state index is -3.30. The Morgan fingerprint density at radius 3 is 2.21 bits per heavy atom. The van der Waals surface area contributed by atoms with Gasteiger partial charge in [0, 0.05) is 6.54 Å². The monoisotopic (exact) mass is 418 g/mol. The Kier molecular flexibility index (Phi) is 7.81. The summed E-state index contributed by atoms with van der Waals surface area (Å²) >= 11 is 0. The molecule has 2 aromatic carbocycles. The lowest BCUT2D eigenvalue weighted by Crippen LogP contribution is -2.35. The lowest BCUT2D eigenvalue weighted by atomic mass is 9.98. The molecule has 0 aromatic heterocycles. The zero-order valence-corrected chi connectivity index (χ0v) is 18.5. The number of ether oxygens (including phenoxy) is 1. The molecule has 0 fully saturated rings. The van der Waals surface area contributed by atoms with Crippen molar-refractivity contribution in [2.75, 3.05) is 7.05 Å². The van der Waals surface area contributed by atoms with Crippen molar-refractivity contribution in [1.82, 2.24) is 10.0 Å². The average Bonchev–Trinajstić information content (AvgIpc) is 2.66. The van der Waals surface area contributed by atoms with Crippen LogP contribution < -0.4 is 14.8 Å². The van der Waals surface area contributed by atoms with Crippen LogP contribution in [0.1, 0.15) is 48.9 Å². The summed E-state index contributed by atoms with van der Waals surface area (Å²) in [4.78, 5) is 12.4. The van der Waals surface area contributed by atoms with Gasteiger partial charge in [-0.15, -0.1) is 0 Å². The van der Waals surface area contributed by atoms with Gasteiger partial charge in [0.15, 0.2) is 6.10 Å². The van der Waals surface area contributed by atoms with Gasteiger partial charge in [-0.25, -0.2) is 13.1 Å². The molecule has 0 spiro atoms. The molecule has 0 radical (unpaired) electrons. The lowest BCUT2D eigenvalue weighted by molar-refractivity contribution is -0.127. The normalized spacial score (nSPS) is 12.6. The van der Waals surface area contributed by atoms with Crippen molar-refractivity contribution in [3.63, 3.8) is 0 Å². The summed E-state index contributed by atoms with van der Waals surface area (Å²) in [6.45, 7) is 8.39. The number of benzene rings is 2. The molecule has 2 aromatic rings. The van der Waals surface area contributed by atoms with Gasteiger partial charge in [-0.1, -0.05) is 44.2 Å². The molecule has 6 nitrogen and oxygen atoms in total. The SMILES string of the molecule is CNS(=O)(=O)Cc1ccc(CNC(=O)[C@H](C)Oc2ccc(C(C)C)c(C)c2)cc1. The Bertz CT molecular complexity index is 938. The summed E-state index contributed by atoms with van der Waals surface area (Å²) < 4.78 is 31.2. The highest BCUT2D eigenvalue weighted by Gasteiger charge is 2.15. The quantitative estimate of drug-likeness (QED) is 0.655. The Balaban J connectivity index is 1.89. The van der Waals surface area contributed by atoms with Crippen LogP contribution in [0.4, 0.5) is 0 Å². The first-order chi connectivity index (χ1) is 13.6. The number of amides is 1. The minimum Gasteiger partial charge on any atom is -0.481 e. The van der Waals surface area contributed by atoms with Gasteiger partial charge in [-0.3, -0.25) is 4.79 Å². The second kappa shape index (κ2) is 9.89. The second-order valence-corrected chi connectivity index (χ2v) is 9.36. The molecule has 0 bridgehead atoms. The van der Waals surface area contributed by atoms with E-state index in [0.717, 1.165) is 11.1 Å². The first-order valence-electron chi connectivity index (χ1n) is 9.65. The van der Waals surface area contributed by atoms with Crippen LogP contribution >= 0.6 is 0 Å². The summed E-state index contributed by atoms with van der Waals surface area (Å²) in [6, 6.07) is 13.0. The number of nitrogens with one attached hydrogen (secondary N) is 2. The molecule has 0 heterocycles. The summed E-state index contributed by atoms with van der Waals surface area (Å²) in [5, 5.41) is 2.85. The molecule has 0 aliphatic heterocycles. The van der Waals surface area contributed by atoms with Gasteiger partial charge >= 0.3 is 0 Å². The van der Waals surface area contributed by atoms with Gasteiger partial charge in [-0.2, -0.15) is 0 Å². The number of sulfonamides is 1. The second-order valence-electron chi connectivity index (χ2n) is 7.43. The van der Waals surface area contributed by atoms with Crippen LogP contribution in [0.25, 0.3) is 0 Å². The molecule has 2 N–H and O–H groups in total. The predicted octanol–water partition coefficient (Wildman–Crippen LogP) is 3.25. The highest BCUT2D eigenvalue weighted by molar-refractivity contribution is 7.88. The van der Waals surface area contributed by atoms with Gasteiger partial charge in [-0.05, 0) is 61.2 Å². The van der Waals surface area contributed by atoms with Gasteiger partial charge in [0.05, 0.1) is 5.75 Å². The van der Waals surface area contributed by atoms with Crippen LogP contribution in [0.3, 0.4) is 0 Å². The summed E-state index contributed by atoms with van der Waals surface area (Å²) in [6.07, 6.45) is -0.626. The number of rotatable bonds is 9. The molecule has 0 unspecified atom stereocenters. The molecular formula is C22H30N2O4S. The highest BCUT2D eigenvalue weighted by Crippen LogP contribution is 2.24. The fourth-order valence-electron chi connectivity index (χ4n) is 3.00. The van der Waals surface area contributed by atoms with Crippen LogP contribution in [0.2, 0.25) is 0 Å². The molecule has 7 heteroatoms. The topological polar surface area (TPSA) is 84.5 Å². The fourth-order valence-corrected chi connectivity index (χ4v) is 3.78. The number of carbonyl (C=O) groups is 1. The maximum atomic E-state index is 12.4. The standard InChI is InChI=1S/C22H30N2O4S/c1-15(2)21-11-10-20(12-16(21)3)28-17(4)22(25)24-13-18-6-8-19(9-7-18)14-29(26,27)23-5/h6-12,15,17,23H,13-14H2,1-5H3,(H,24,25)/t17-/m0/s1. The third kappa shape index (κ3) is 6.87. The molecule has 0 aliphatic carbocycles. The van der Waals surface area contributed by atoms with Crippen molar-refractivity contribution in [3.05, 3.63) is 64.7 Å².